The van der Waals surface area contributed by atoms with Crippen LogP contribution in [0.4, 0.5) is 0 Å². The van der Waals surface area contributed by atoms with E-state index < -0.39 is 6.04 Å². The van der Waals surface area contributed by atoms with Gasteiger partial charge in [-0.25, -0.2) is 0 Å². The van der Waals surface area contributed by atoms with Gasteiger partial charge in [0.15, 0.2) is 0 Å². The summed E-state index contributed by atoms with van der Waals surface area (Å²) in [6, 6.07) is 7.61. The molecule has 1 heterocycles. The summed E-state index contributed by atoms with van der Waals surface area (Å²) in [4.78, 5) is 50.1. The first kappa shape index (κ1) is 33.4. The number of likely N-dealkylation sites (N-methyl/N-ethyl adjacent to an activating group) is 1. The average Bonchev–Trinajstić information content (AvgIpc) is 2.88. The van der Waals surface area contributed by atoms with E-state index >= 15 is 0 Å². The van der Waals surface area contributed by atoms with Crippen molar-refractivity contribution in [2.24, 2.45) is 11.1 Å². The summed E-state index contributed by atoms with van der Waals surface area (Å²) in [5, 5.41) is 8.81. The van der Waals surface area contributed by atoms with Crippen molar-refractivity contribution in [1.29, 1.82) is 0 Å². The predicted octanol–water partition coefficient (Wildman–Crippen LogP) is 0.678. The highest BCUT2D eigenvalue weighted by atomic mass is 32.1. The fourth-order valence-electron chi connectivity index (χ4n) is 4.35. The standard InChI is InChI=1S/C18H24N4O3.C9H20N2O.H2S/c19-10-17(24)21-8-9-22(12-23)16(11-21)18(25)20-15-7-3-5-13-4-1-2-6-14(13)15;1-7(9(2,3)4)11-8(12)6-10-5;/h1-2,4,6,12,15-16H,3,5,7-11,19H2,(H,20,25);7,10H,6H2,1-5H3,(H,11,12);1H2. The number of nitrogens with zero attached hydrogens (tertiary/aromatic N) is 2. The molecule has 214 valence electrons. The van der Waals surface area contributed by atoms with Gasteiger partial charge in [-0.1, -0.05) is 45.0 Å². The van der Waals surface area contributed by atoms with Gasteiger partial charge in [0.2, 0.25) is 24.1 Å². The zero-order valence-corrected chi connectivity index (χ0v) is 24.4. The Morgan fingerprint density at radius 3 is 2.47 bits per heavy atom. The largest absolute Gasteiger partial charge is 0.352 e. The number of aryl methyl sites for hydroxylation is 1. The maximum Gasteiger partial charge on any atom is 0.245 e. The Labute approximate surface area is 233 Å². The average molecular weight is 551 g/mol. The van der Waals surface area contributed by atoms with Crippen molar-refractivity contribution in [1.82, 2.24) is 25.8 Å². The topological polar surface area (TPSA) is 137 Å². The molecule has 1 aliphatic carbocycles. The van der Waals surface area contributed by atoms with Gasteiger partial charge in [0, 0.05) is 19.1 Å². The zero-order valence-electron chi connectivity index (χ0n) is 23.4. The number of fused-ring (bicyclic) bond motifs is 1. The smallest absolute Gasteiger partial charge is 0.245 e. The Morgan fingerprint density at radius 2 is 1.87 bits per heavy atom. The molecule has 38 heavy (non-hydrogen) atoms. The van der Waals surface area contributed by atoms with E-state index in [9.17, 15) is 19.2 Å². The van der Waals surface area contributed by atoms with E-state index in [1.54, 1.807) is 11.9 Å². The minimum absolute atomic E-state index is 0. The van der Waals surface area contributed by atoms with Gasteiger partial charge in [-0.2, -0.15) is 13.5 Å². The summed E-state index contributed by atoms with van der Waals surface area (Å²) < 4.78 is 0. The van der Waals surface area contributed by atoms with Gasteiger partial charge in [-0.05, 0) is 49.8 Å². The Bertz CT molecular complexity index is 938. The molecular weight excluding hydrogens is 504 g/mol. The van der Waals surface area contributed by atoms with E-state index in [0.29, 0.717) is 26.0 Å². The summed E-state index contributed by atoms with van der Waals surface area (Å²) in [6.07, 6.45) is 3.60. The number of benzene rings is 1. The number of carbonyl (C=O) groups is 4. The number of carbonyl (C=O) groups excluding carboxylic acids is 4. The Morgan fingerprint density at radius 1 is 1.18 bits per heavy atom. The van der Waals surface area contributed by atoms with E-state index in [-0.39, 0.29) is 61.8 Å². The van der Waals surface area contributed by atoms with Crippen LogP contribution in [-0.2, 0) is 25.6 Å². The van der Waals surface area contributed by atoms with Gasteiger partial charge in [0.05, 0.1) is 25.7 Å². The predicted molar refractivity (Wildman–Crippen MR) is 154 cm³/mol. The molecular formula is C27H46N6O4S. The second-order valence-electron chi connectivity index (χ2n) is 10.7. The molecule has 4 amide bonds. The number of nitrogens with two attached hydrogens (primary N) is 1. The lowest BCUT2D eigenvalue weighted by Gasteiger charge is -2.39. The second kappa shape index (κ2) is 15.7. The summed E-state index contributed by atoms with van der Waals surface area (Å²) in [7, 11) is 1.77. The van der Waals surface area contributed by atoms with E-state index in [2.05, 4.69) is 42.8 Å². The molecule has 3 rings (SSSR count). The van der Waals surface area contributed by atoms with Gasteiger partial charge in [-0.3, -0.25) is 19.2 Å². The molecule has 0 bridgehead atoms. The van der Waals surface area contributed by atoms with Crippen molar-refractivity contribution in [3.8, 4) is 0 Å². The van der Waals surface area contributed by atoms with Crippen LogP contribution in [0.2, 0.25) is 0 Å². The first-order valence-electron chi connectivity index (χ1n) is 13.0. The van der Waals surface area contributed by atoms with Crippen LogP contribution in [0.1, 0.15) is 57.7 Å². The third-order valence-corrected chi connectivity index (χ3v) is 7.09. The first-order chi connectivity index (χ1) is 17.5. The molecule has 10 nitrogen and oxygen atoms in total. The Balaban J connectivity index is 0.000000475. The monoisotopic (exact) mass is 550 g/mol. The van der Waals surface area contributed by atoms with Crippen LogP contribution in [-0.4, -0.2) is 85.8 Å². The molecule has 0 spiro atoms. The second-order valence-corrected chi connectivity index (χ2v) is 10.7. The summed E-state index contributed by atoms with van der Waals surface area (Å²) in [6.45, 7) is 9.58. The minimum Gasteiger partial charge on any atom is -0.352 e. The van der Waals surface area contributed by atoms with Gasteiger partial charge in [-0.15, -0.1) is 0 Å². The van der Waals surface area contributed by atoms with Crippen molar-refractivity contribution < 1.29 is 19.2 Å². The molecule has 3 atom stereocenters. The molecule has 11 heteroatoms. The van der Waals surface area contributed by atoms with Crippen LogP contribution in [0.25, 0.3) is 0 Å². The molecule has 3 unspecified atom stereocenters. The van der Waals surface area contributed by atoms with E-state index in [1.807, 2.05) is 25.1 Å². The normalized spacial score (nSPS) is 19.5. The summed E-state index contributed by atoms with van der Waals surface area (Å²) in [5.41, 5.74) is 7.95. The lowest BCUT2D eigenvalue weighted by atomic mass is 9.87. The van der Waals surface area contributed by atoms with E-state index in [1.165, 1.54) is 10.5 Å². The molecule has 1 aromatic carbocycles. The van der Waals surface area contributed by atoms with E-state index in [4.69, 9.17) is 5.73 Å². The number of nitrogens with one attached hydrogen (secondary N) is 3. The van der Waals surface area contributed by atoms with E-state index in [0.717, 1.165) is 24.8 Å². The van der Waals surface area contributed by atoms with Gasteiger partial charge in [0.25, 0.3) is 0 Å². The minimum atomic E-state index is -0.671. The van der Waals surface area contributed by atoms with Crippen molar-refractivity contribution in [3.63, 3.8) is 0 Å². The molecule has 0 aromatic heterocycles. The van der Waals surface area contributed by atoms with Crippen molar-refractivity contribution >= 4 is 37.6 Å². The molecule has 0 radical (unpaired) electrons. The first-order valence-corrected chi connectivity index (χ1v) is 13.0. The fourth-order valence-corrected chi connectivity index (χ4v) is 4.35. The molecule has 1 saturated heterocycles. The van der Waals surface area contributed by atoms with Crippen LogP contribution in [0, 0.1) is 5.41 Å². The highest BCUT2D eigenvalue weighted by molar-refractivity contribution is 7.59. The SMILES string of the molecule is CNCC(=O)NC(C)C(C)(C)C.NCC(=O)N1CCN(C=O)C(C(=O)NC2CCCc3ccccc32)C1.S. The van der Waals surface area contributed by atoms with Crippen molar-refractivity contribution in [2.75, 3.05) is 39.8 Å². The number of hydrogen-bond donors (Lipinski definition) is 4. The molecule has 5 N–H and O–H groups in total. The number of hydrogen-bond acceptors (Lipinski definition) is 6. The number of rotatable bonds is 7. The quantitative estimate of drug-likeness (QED) is 0.369. The van der Waals surface area contributed by atoms with Crippen LogP contribution in [0.5, 0.6) is 0 Å². The lowest BCUT2D eigenvalue weighted by molar-refractivity contribution is -0.142. The molecule has 1 aliphatic heterocycles. The Hall–Kier alpha value is -2.63. The lowest BCUT2D eigenvalue weighted by Crippen LogP contribution is -2.60. The van der Waals surface area contributed by atoms with Gasteiger partial charge < -0.3 is 31.5 Å². The summed E-state index contributed by atoms with van der Waals surface area (Å²) in [5.74, 6) is -0.366. The number of amides is 4. The zero-order chi connectivity index (χ0) is 27.6. The van der Waals surface area contributed by atoms with Crippen molar-refractivity contribution in [2.45, 2.75) is 65.1 Å². The maximum absolute atomic E-state index is 12.8. The van der Waals surface area contributed by atoms with Crippen LogP contribution < -0.4 is 21.7 Å². The van der Waals surface area contributed by atoms with Crippen molar-refractivity contribution in [3.05, 3.63) is 35.4 Å². The third kappa shape index (κ3) is 9.59. The fraction of sp³-hybridized carbons (Fsp3) is 0.630. The highest BCUT2D eigenvalue weighted by Gasteiger charge is 2.34. The van der Waals surface area contributed by atoms with Gasteiger partial charge >= 0.3 is 0 Å². The van der Waals surface area contributed by atoms with Gasteiger partial charge in [0.1, 0.15) is 6.04 Å². The number of piperazine rings is 1. The Kier molecular flexibility index (Phi) is 13.8. The molecule has 2 aliphatic rings. The molecule has 0 saturated carbocycles. The molecule has 1 aromatic rings. The van der Waals surface area contributed by atoms with Crippen LogP contribution >= 0.6 is 13.5 Å². The van der Waals surface area contributed by atoms with Crippen LogP contribution in [0.3, 0.4) is 0 Å². The highest BCUT2D eigenvalue weighted by Crippen LogP contribution is 2.29. The summed E-state index contributed by atoms with van der Waals surface area (Å²) >= 11 is 0. The van der Waals surface area contributed by atoms with Crippen LogP contribution in [0.15, 0.2) is 24.3 Å². The maximum atomic E-state index is 12.8. The third-order valence-electron chi connectivity index (χ3n) is 7.09. The molecule has 1 fully saturated rings.